The summed E-state index contributed by atoms with van der Waals surface area (Å²) in [7, 11) is 0. The van der Waals surface area contributed by atoms with Gasteiger partial charge in [-0.3, -0.25) is 9.78 Å². The summed E-state index contributed by atoms with van der Waals surface area (Å²) in [4.78, 5) is 18.0. The Kier molecular flexibility index (Phi) is 6.34. The Morgan fingerprint density at radius 3 is 2.61 bits per heavy atom. The van der Waals surface area contributed by atoms with E-state index in [0.717, 1.165) is 35.0 Å². The van der Waals surface area contributed by atoms with Gasteiger partial charge in [0.2, 0.25) is 0 Å². The van der Waals surface area contributed by atoms with Crippen molar-refractivity contribution in [1.29, 1.82) is 0 Å². The fourth-order valence-electron chi connectivity index (χ4n) is 3.47. The van der Waals surface area contributed by atoms with Crippen LogP contribution in [0.25, 0.3) is 0 Å². The van der Waals surface area contributed by atoms with Crippen LogP contribution in [0.1, 0.15) is 13.3 Å². The van der Waals surface area contributed by atoms with Crippen molar-refractivity contribution < 1.29 is 9.53 Å². The number of nitrogens with zero attached hydrogens (tertiary/aromatic N) is 2. The number of amides is 1. The Morgan fingerprint density at radius 2 is 1.84 bits per heavy atom. The third kappa shape index (κ3) is 5.34. The summed E-state index contributed by atoms with van der Waals surface area (Å²) in [5.41, 5.74) is 2.75. The summed E-state index contributed by atoms with van der Waals surface area (Å²) in [6, 6.07) is 19.6. The predicted octanol–water partition coefficient (Wildman–Crippen LogP) is 4.65. The predicted molar refractivity (Wildman–Crippen MR) is 123 cm³/mol. The molecule has 6 nitrogen and oxygen atoms in total. The topological polar surface area (TPSA) is 66.5 Å². The van der Waals surface area contributed by atoms with Gasteiger partial charge in [-0.15, -0.1) is 0 Å². The van der Waals surface area contributed by atoms with E-state index < -0.39 is 0 Å². The van der Waals surface area contributed by atoms with Crippen LogP contribution < -0.4 is 15.4 Å². The molecule has 0 aliphatic carbocycles. The molecule has 0 radical (unpaired) electrons. The first-order chi connectivity index (χ1) is 15.2. The number of carbonyl (C=O) groups excluding carboxylic acids is 1. The Bertz CT molecular complexity index is 1090. The van der Waals surface area contributed by atoms with Gasteiger partial charge in [0.15, 0.2) is 0 Å². The lowest BCUT2D eigenvalue weighted by Crippen LogP contribution is -2.30. The summed E-state index contributed by atoms with van der Waals surface area (Å²) in [5, 5.41) is 6.94. The maximum absolute atomic E-state index is 12.0. The average Bonchev–Trinajstić information content (AvgIpc) is 3.26. The van der Waals surface area contributed by atoms with Crippen LogP contribution in [0, 0.1) is 11.8 Å². The number of aromatic nitrogens is 1. The number of ether oxygens (including phenoxy) is 1. The highest BCUT2D eigenvalue weighted by Crippen LogP contribution is 2.28. The lowest BCUT2D eigenvalue weighted by atomic mass is 10.2. The molecule has 1 aromatic heterocycles. The monoisotopic (exact) mass is 412 g/mol. The molecule has 6 heteroatoms. The van der Waals surface area contributed by atoms with Crippen LogP contribution in [0.2, 0.25) is 0 Å². The third-order valence-electron chi connectivity index (χ3n) is 5.00. The normalized spacial score (nSPS) is 15.0. The van der Waals surface area contributed by atoms with Gasteiger partial charge in [-0.05, 0) is 61.7 Å². The standard InChI is InChI=1S/C25H24N4O2/c1-2-6-25(30)29-16-14-20(18-29)28-23-13-15-26-17-24(23)27-19-9-11-22(12-10-19)31-21-7-4-3-5-8-21/h3-5,7-13,15,17,20,27H,14,16,18H2,1H3,(H,26,28)/t20-/m1/s1. The number of likely N-dealkylation sites (tertiary alicyclic amines) is 1. The number of hydrogen-bond acceptors (Lipinski definition) is 5. The Hall–Kier alpha value is -3.98. The van der Waals surface area contributed by atoms with Crippen molar-refractivity contribution in [3.05, 3.63) is 73.1 Å². The number of pyridine rings is 1. The number of para-hydroxylation sites is 1. The summed E-state index contributed by atoms with van der Waals surface area (Å²) < 4.78 is 5.85. The Labute approximate surface area is 182 Å². The molecular formula is C25H24N4O2. The van der Waals surface area contributed by atoms with Crippen molar-refractivity contribution in [3.8, 4) is 23.3 Å². The first-order valence-electron chi connectivity index (χ1n) is 10.2. The fraction of sp³-hybridized carbons (Fsp3) is 0.200. The van der Waals surface area contributed by atoms with E-state index in [4.69, 9.17) is 4.74 Å². The summed E-state index contributed by atoms with van der Waals surface area (Å²) in [6.07, 6.45) is 4.42. The molecular weight excluding hydrogens is 388 g/mol. The number of carbonyl (C=O) groups is 1. The highest BCUT2D eigenvalue weighted by Gasteiger charge is 2.25. The van der Waals surface area contributed by atoms with Gasteiger partial charge in [-0.2, -0.15) is 0 Å². The molecule has 3 aromatic rings. The molecule has 1 atom stereocenters. The first-order valence-corrected chi connectivity index (χ1v) is 10.2. The van der Waals surface area contributed by atoms with Crippen molar-refractivity contribution in [1.82, 2.24) is 9.88 Å². The van der Waals surface area contributed by atoms with Crippen LogP contribution in [0.4, 0.5) is 17.1 Å². The van der Waals surface area contributed by atoms with Crippen molar-refractivity contribution >= 4 is 23.0 Å². The molecule has 1 amide bonds. The SMILES string of the molecule is CC#CC(=O)N1CC[C@@H](Nc2ccncc2Nc2ccc(Oc3ccccc3)cc2)C1. The van der Waals surface area contributed by atoms with Crippen molar-refractivity contribution in [2.45, 2.75) is 19.4 Å². The molecule has 1 aliphatic rings. The van der Waals surface area contributed by atoms with E-state index in [9.17, 15) is 4.79 Å². The summed E-state index contributed by atoms with van der Waals surface area (Å²) >= 11 is 0. The van der Waals surface area contributed by atoms with Crippen LogP contribution in [0.5, 0.6) is 11.5 Å². The van der Waals surface area contributed by atoms with E-state index in [0.29, 0.717) is 13.1 Å². The quantitative estimate of drug-likeness (QED) is 0.577. The van der Waals surface area contributed by atoms with E-state index in [1.54, 1.807) is 24.2 Å². The van der Waals surface area contributed by atoms with Crippen LogP contribution in [-0.4, -0.2) is 34.9 Å². The van der Waals surface area contributed by atoms with E-state index in [1.165, 1.54) is 0 Å². The molecule has 0 saturated carbocycles. The van der Waals surface area contributed by atoms with Crippen LogP contribution >= 0.6 is 0 Å². The van der Waals surface area contributed by atoms with Crippen molar-refractivity contribution in [2.75, 3.05) is 23.7 Å². The maximum Gasteiger partial charge on any atom is 0.298 e. The van der Waals surface area contributed by atoms with E-state index >= 15 is 0 Å². The first kappa shape index (κ1) is 20.3. The number of anilines is 3. The van der Waals surface area contributed by atoms with Gasteiger partial charge >= 0.3 is 0 Å². The Morgan fingerprint density at radius 1 is 1.06 bits per heavy atom. The van der Waals surface area contributed by atoms with Gasteiger partial charge in [0.05, 0.1) is 17.6 Å². The number of nitrogens with one attached hydrogen (secondary N) is 2. The lowest BCUT2D eigenvalue weighted by Gasteiger charge is -2.18. The lowest BCUT2D eigenvalue weighted by molar-refractivity contribution is -0.124. The minimum atomic E-state index is -0.113. The minimum absolute atomic E-state index is 0.113. The Balaban J connectivity index is 1.39. The molecule has 0 bridgehead atoms. The molecule has 1 aliphatic heterocycles. The van der Waals surface area contributed by atoms with Crippen LogP contribution in [-0.2, 0) is 4.79 Å². The molecule has 0 spiro atoms. The largest absolute Gasteiger partial charge is 0.457 e. The maximum atomic E-state index is 12.0. The molecule has 31 heavy (non-hydrogen) atoms. The second kappa shape index (κ2) is 9.68. The zero-order chi connectivity index (χ0) is 21.5. The van der Waals surface area contributed by atoms with Gasteiger partial charge in [0.1, 0.15) is 11.5 Å². The van der Waals surface area contributed by atoms with Gasteiger partial charge < -0.3 is 20.3 Å². The van der Waals surface area contributed by atoms with Crippen molar-refractivity contribution in [3.63, 3.8) is 0 Å². The van der Waals surface area contributed by atoms with Gasteiger partial charge in [0.25, 0.3) is 5.91 Å². The fourth-order valence-corrected chi connectivity index (χ4v) is 3.47. The molecule has 156 valence electrons. The van der Waals surface area contributed by atoms with Crippen LogP contribution in [0.3, 0.4) is 0 Å². The molecule has 0 unspecified atom stereocenters. The van der Waals surface area contributed by atoms with Gasteiger partial charge in [-0.25, -0.2) is 0 Å². The molecule has 1 fully saturated rings. The molecule has 2 heterocycles. The van der Waals surface area contributed by atoms with E-state index in [2.05, 4.69) is 27.5 Å². The third-order valence-corrected chi connectivity index (χ3v) is 5.00. The minimum Gasteiger partial charge on any atom is -0.457 e. The van der Waals surface area contributed by atoms with Gasteiger partial charge in [-0.1, -0.05) is 24.1 Å². The van der Waals surface area contributed by atoms with E-state index in [-0.39, 0.29) is 11.9 Å². The average molecular weight is 412 g/mol. The molecule has 4 rings (SSSR count). The summed E-state index contributed by atoms with van der Waals surface area (Å²) in [5.74, 6) is 6.75. The molecule has 2 aromatic carbocycles. The molecule has 1 saturated heterocycles. The number of rotatable bonds is 6. The number of benzene rings is 2. The number of hydrogen-bond donors (Lipinski definition) is 2. The van der Waals surface area contributed by atoms with Crippen molar-refractivity contribution in [2.24, 2.45) is 0 Å². The summed E-state index contributed by atoms with van der Waals surface area (Å²) in [6.45, 7) is 3.03. The highest BCUT2D eigenvalue weighted by atomic mass is 16.5. The highest BCUT2D eigenvalue weighted by molar-refractivity contribution is 5.93. The van der Waals surface area contributed by atoms with Crippen LogP contribution in [0.15, 0.2) is 73.1 Å². The smallest absolute Gasteiger partial charge is 0.298 e. The zero-order valence-electron chi connectivity index (χ0n) is 17.3. The van der Waals surface area contributed by atoms with Gasteiger partial charge in [0, 0.05) is 31.0 Å². The van der Waals surface area contributed by atoms with E-state index in [1.807, 2.05) is 60.7 Å². The molecule has 2 N–H and O–H groups in total. The zero-order valence-corrected chi connectivity index (χ0v) is 17.3. The second-order valence-corrected chi connectivity index (χ2v) is 7.24. The second-order valence-electron chi connectivity index (χ2n) is 7.24.